The van der Waals surface area contributed by atoms with E-state index in [9.17, 15) is 9.59 Å². The van der Waals surface area contributed by atoms with Crippen LogP contribution in [0, 0.1) is 0 Å². The lowest BCUT2D eigenvalue weighted by Crippen LogP contribution is -2.25. The van der Waals surface area contributed by atoms with E-state index in [0.717, 1.165) is 4.88 Å². The van der Waals surface area contributed by atoms with Crippen molar-refractivity contribution in [1.82, 2.24) is 4.57 Å². The second kappa shape index (κ2) is 4.73. The molecule has 0 radical (unpaired) electrons. The molecule has 0 aliphatic carbocycles. The van der Waals surface area contributed by atoms with E-state index in [1.807, 2.05) is 6.07 Å². The number of hydrogen-bond acceptors (Lipinski definition) is 3. The molecule has 0 bridgehead atoms. The van der Waals surface area contributed by atoms with Crippen LogP contribution in [0.5, 0.6) is 0 Å². The maximum Gasteiger partial charge on any atom is 0.341 e. The normalized spacial score (nSPS) is 10.4. The van der Waals surface area contributed by atoms with Crippen molar-refractivity contribution in [2.75, 3.05) is 0 Å². The minimum absolute atomic E-state index is 0.227. The standard InChI is InChI=1S/C11H8ClNO3S/c12-9-4-3-7(17-9)6-13-5-1-2-8(10(13)14)11(15)16/h1-5H,6H2,(H,15,16). The Hall–Kier alpha value is -1.59. The zero-order valence-electron chi connectivity index (χ0n) is 8.59. The minimum Gasteiger partial charge on any atom is -0.477 e. The second-order valence-corrected chi connectivity index (χ2v) is 5.17. The number of rotatable bonds is 3. The second-order valence-electron chi connectivity index (χ2n) is 3.37. The summed E-state index contributed by atoms with van der Waals surface area (Å²) in [7, 11) is 0. The fourth-order valence-corrected chi connectivity index (χ4v) is 2.52. The van der Waals surface area contributed by atoms with Gasteiger partial charge in [-0.3, -0.25) is 4.79 Å². The summed E-state index contributed by atoms with van der Waals surface area (Å²) in [4.78, 5) is 23.5. The van der Waals surface area contributed by atoms with Crippen molar-refractivity contribution in [2.24, 2.45) is 0 Å². The number of pyridine rings is 1. The van der Waals surface area contributed by atoms with Crippen LogP contribution in [0.4, 0.5) is 0 Å². The van der Waals surface area contributed by atoms with Crippen molar-refractivity contribution >= 4 is 28.9 Å². The van der Waals surface area contributed by atoms with Gasteiger partial charge in [-0.2, -0.15) is 0 Å². The van der Waals surface area contributed by atoms with Crippen LogP contribution in [-0.4, -0.2) is 15.6 Å². The number of carboxylic acids is 1. The summed E-state index contributed by atoms with van der Waals surface area (Å²) in [5.41, 5.74) is -0.736. The Morgan fingerprint density at radius 1 is 1.41 bits per heavy atom. The van der Waals surface area contributed by atoms with Gasteiger partial charge in [-0.1, -0.05) is 11.6 Å². The Morgan fingerprint density at radius 2 is 2.18 bits per heavy atom. The van der Waals surface area contributed by atoms with Crippen molar-refractivity contribution in [3.8, 4) is 0 Å². The molecule has 2 aromatic heterocycles. The predicted molar refractivity (Wildman–Crippen MR) is 66.1 cm³/mol. The van der Waals surface area contributed by atoms with Gasteiger partial charge in [0.25, 0.3) is 5.56 Å². The largest absolute Gasteiger partial charge is 0.477 e. The van der Waals surface area contributed by atoms with Crippen LogP contribution in [0.1, 0.15) is 15.2 Å². The first-order valence-electron chi connectivity index (χ1n) is 4.75. The molecular formula is C11H8ClNO3S. The van der Waals surface area contributed by atoms with Crippen molar-refractivity contribution in [1.29, 1.82) is 0 Å². The number of halogens is 1. The summed E-state index contributed by atoms with van der Waals surface area (Å²) < 4.78 is 1.99. The van der Waals surface area contributed by atoms with E-state index in [-0.39, 0.29) is 5.56 Å². The van der Waals surface area contributed by atoms with Crippen LogP contribution in [0.15, 0.2) is 35.3 Å². The molecule has 0 atom stereocenters. The van der Waals surface area contributed by atoms with E-state index < -0.39 is 11.5 Å². The smallest absolute Gasteiger partial charge is 0.341 e. The highest BCUT2D eigenvalue weighted by molar-refractivity contribution is 7.16. The molecule has 0 aromatic carbocycles. The summed E-state index contributed by atoms with van der Waals surface area (Å²) in [6, 6.07) is 6.39. The van der Waals surface area contributed by atoms with Gasteiger partial charge in [-0.25, -0.2) is 4.79 Å². The van der Waals surface area contributed by atoms with Gasteiger partial charge in [0, 0.05) is 11.1 Å². The highest BCUT2D eigenvalue weighted by atomic mass is 35.5. The van der Waals surface area contributed by atoms with Crippen molar-refractivity contribution in [3.63, 3.8) is 0 Å². The average Bonchev–Trinajstić information content (AvgIpc) is 2.67. The highest BCUT2D eigenvalue weighted by Gasteiger charge is 2.10. The molecule has 0 aliphatic heterocycles. The maximum absolute atomic E-state index is 11.8. The molecular weight excluding hydrogens is 262 g/mol. The zero-order chi connectivity index (χ0) is 12.4. The van der Waals surface area contributed by atoms with E-state index in [1.54, 1.807) is 18.3 Å². The lowest BCUT2D eigenvalue weighted by Gasteiger charge is -2.04. The summed E-state index contributed by atoms with van der Waals surface area (Å²) in [6.07, 6.45) is 1.56. The van der Waals surface area contributed by atoms with Gasteiger partial charge < -0.3 is 9.67 Å². The van der Waals surface area contributed by atoms with Crippen LogP contribution in [-0.2, 0) is 6.54 Å². The minimum atomic E-state index is -1.21. The fraction of sp³-hybridized carbons (Fsp3) is 0.0909. The number of carboxylic acid groups (broad SMARTS) is 1. The first-order chi connectivity index (χ1) is 8.08. The van der Waals surface area contributed by atoms with Gasteiger partial charge in [0.15, 0.2) is 0 Å². The molecule has 88 valence electrons. The highest BCUT2D eigenvalue weighted by Crippen LogP contribution is 2.21. The number of aromatic nitrogens is 1. The van der Waals surface area contributed by atoms with Crippen LogP contribution >= 0.6 is 22.9 Å². The summed E-state index contributed by atoms with van der Waals surface area (Å²) in [5, 5.41) is 8.83. The van der Waals surface area contributed by atoms with E-state index in [0.29, 0.717) is 10.9 Å². The molecule has 4 nitrogen and oxygen atoms in total. The zero-order valence-corrected chi connectivity index (χ0v) is 10.2. The molecule has 0 saturated heterocycles. The lowest BCUT2D eigenvalue weighted by molar-refractivity contribution is 0.0694. The van der Waals surface area contributed by atoms with Gasteiger partial charge in [-0.15, -0.1) is 11.3 Å². The summed E-state index contributed by atoms with van der Waals surface area (Å²) in [6.45, 7) is 0.331. The Morgan fingerprint density at radius 3 is 2.76 bits per heavy atom. The molecule has 0 unspecified atom stereocenters. The topological polar surface area (TPSA) is 59.3 Å². The van der Waals surface area contributed by atoms with Crippen LogP contribution in [0.2, 0.25) is 4.34 Å². The van der Waals surface area contributed by atoms with Crippen molar-refractivity contribution in [3.05, 3.63) is 55.6 Å². The van der Waals surface area contributed by atoms with Crippen molar-refractivity contribution in [2.45, 2.75) is 6.54 Å². The van der Waals surface area contributed by atoms with E-state index >= 15 is 0 Å². The quantitative estimate of drug-likeness (QED) is 0.930. The Balaban J connectivity index is 2.37. The molecule has 2 rings (SSSR count). The molecule has 0 spiro atoms. The Kier molecular flexibility index (Phi) is 3.31. The third kappa shape index (κ3) is 2.57. The number of thiophene rings is 1. The third-order valence-electron chi connectivity index (χ3n) is 2.21. The SMILES string of the molecule is O=C(O)c1cccn(Cc2ccc(Cl)s2)c1=O. The van der Waals surface area contributed by atoms with E-state index in [4.69, 9.17) is 16.7 Å². The third-order valence-corrected chi connectivity index (χ3v) is 3.42. The monoisotopic (exact) mass is 269 g/mol. The van der Waals surface area contributed by atoms with Crippen molar-refractivity contribution < 1.29 is 9.90 Å². The molecule has 1 N–H and O–H groups in total. The molecule has 0 fully saturated rings. The van der Waals surface area contributed by atoms with Gasteiger partial charge in [0.05, 0.1) is 10.9 Å². The van der Waals surface area contributed by atoms with Crippen LogP contribution in [0.25, 0.3) is 0 Å². The summed E-state index contributed by atoms with van der Waals surface area (Å²) >= 11 is 7.15. The lowest BCUT2D eigenvalue weighted by atomic mass is 10.3. The Labute approximate surface area is 106 Å². The van der Waals surface area contributed by atoms with E-state index in [1.165, 1.54) is 22.0 Å². The van der Waals surface area contributed by atoms with Crippen LogP contribution < -0.4 is 5.56 Å². The maximum atomic E-state index is 11.8. The molecule has 2 heterocycles. The van der Waals surface area contributed by atoms with Gasteiger partial charge in [0.2, 0.25) is 0 Å². The molecule has 6 heteroatoms. The van der Waals surface area contributed by atoms with E-state index in [2.05, 4.69) is 0 Å². The number of nitrogens with zero attached hydrogens (tertiary/aromatic N) is 1. The summed E-state index contributed by atoms with van der Waals surface area (Å²) in [5.74, 6) is -1.21. The number of hydrogen-bond donors (Lipinski definition) is 1. The number of carbonyl (C=O) groups is 1. The molecule has 0 saturated carbocycles. The first-order valence-corrected chi connectivity index (χ1v) is 5.94. The van der Waals surface area contributed by atoms with Crippen LogP contribution in [0.3, 0.4) is 0 Å². The molecule has 0 aliphatic rings. The fourth-order valence-electron chi connectivity index (χ4n) is 1.43. The average molecular weight is 270 g/mol. The number of aromatic carboxylic acids is 1. The Bertz CT molecular complexity index is 617. The van der Waals surface area contributed by atoms with Gasteiger partial charge in [-0.05, 0) is 24.3 Å². The molecule has 17 heavy (non-hydrogen) atoms. The molecule has 2 aromatic rings. The first kappa shape index (κ1) is 11.9. The predicted octanol–water partition coefficient (Wildman–Crippen LogP) is 2.31. The molecule has 0 amide bonds. The van der Waals surface area contributed by atoms with Gasteiger partial charge in [0.1, 0.15) is 5.56 Å². The van der Waals surface area contributed by atoms with Gasteiger partial charge >= 0.3 is 5.97 Å².